The van der Waals surface area contributed by atoms with E-state index in [0.717, 1.165) is 4.88 Å². The summed E-state index contributed by atoms with van der Waals surface area (Å²) < 4.78 is 5.39. The van der Waals surface area contributed by atoms with Gasteiger partial charge in [0.05, 0.1) is 23.2 Å². The molecular formula is C14H20ClN3O2S. The first kappa shape index (κ1) is 17.7. The number of oxazole rings is 1. The minimum atomic E-state index is -0.550. The van der Waals surface area contributed by atoms with Gasteiger partial charge in [0.25, 0.3) is 0 Å². The number of nitrogens with one attached hydrogen (secondary N) is 1. The molecule has 0 unspecified atom stereocenters. The smallest absolute Gasteiger partial charge is 0.237 e. The number of hydrogen-bond acceptors (Lipinski definition) is 5. The lowest BCUT2D eigenvalue weighted by Crippen LogP contribution is -2.48. The van der Waals surface area contributed by atoms with Gasteiger partial charge in [-0.1, -0.05) is 26.8 Å². The van der Waals surface area contributed by atoms with Crippen molar-refractivity contribution in [1.29, 1.82) is 0 Å². The quantitative estimate of drug-likeness (QED) is 0.903. The van der Waals surface area contributed by atoms with Crippen molar-refractivity contribution in [3.8, 4) is 10.8 Å². The van der Waals surface area contributed by atoms with Gasteiger partial charge >= 0.3 is 0 Å². The van der Waals surface area contributed by atoms with Crippen molar-refractivity contribution >= 4 is 29.7 Å². The number of carbonyl (C=O) groups excluding carboxylic acids is 1. The highest BCUT2D eigenvalue weighted by Gasteiger charge is 2.27. The van der Waals surface area contributed by atoms with E-state index in [1.165, 1.54) is 0 Å². The number of thiophene rings is 1. The third-order valence-corrected chi connectivity index (χ3v) is 3.80. The van der Waals surface area contributed by atoms with E-state index >= 15 is 0 Å². The summed E-state index contributed by atoms with van der Waals surface area (Å²) in [7, 11) is 0. The second-order valence-electron chi connectivity index (χ2n) is 5.68. The Kier molecular flexibility index (Phi) is 5.95. The van der Waals surface area contributed by atoms with Crippen LogP contribution in [0.2, 0.25) is 0 Å². The highest BCUT2D eigenvalue weighted by molar-refractivity contribution is 7.13. The van der Waals surface area contributed by atoms with Crippen LogP contribution in [0.15, 0.2) is 28.2 Å². The van der Waals surface area contributed by atoms with Crippen LogP contribution in [0.4, 0.5) is 0 Å². The van der Waals surface area contributed by atoms with Gasteiger partial charge in [-0.25, -0.2) is 4.98 Å². The van der Waals surface area contributed by atoms with Gasteiger partial charge in [0.15, 0.2) is 0 Å². The van der Waals surface area contributed by atoms with E-state index in [2.05, 4.69) is 10.3 Å². The van der Waals surface area contributed by atoms with Gasteiger partial charge in [-0.15, -0.1) is 23.7 Å². The van der Waals surface area contributed by atoms with Crippen molar-refractivity contribution in [3.05, 3.63) is 29.5 Å². The predicted octanol–water partition coefficient (Wildman–Crippen LogP) is 2.81. The molecule has 1 amide bonds. The van der Waals surface area contributed by atoms with Crippen LogP contribution in [-0.2, 0) is 11.3 Å². The van der Waals surface area contributed by atoms with Crippen LogP contribution in [-0.4, -0.2) is 16.9 Å². The summed E-state index contributed by atoms with van der Waals surface area (Å²) in [5.41, 5.74) is 6.30. The summed E-state index contributed by atoms with van der Waals surface area (Å²) >= 11 is 1.56. The topological polar surface area (TPSA) is 81.2 Å². The molecule has 0 saturated carbocycles. The van der Waals surface area contributed by atoms with Crippen LogP contribution < -0.4 is 11.1 Å². The van der Waals surface area contributed by atoms with Gasteiger partial charge in [0.2, 0.25) is 11.8 Å². The molecule has 0 spiro atoms. The van der Waals surface area contributed by atoms with Crippen LogP contribution in [0.3, 0.4) is 0 Å². The van der Waals surface area contributed by atoms with Gasteiger partial charge in [-0.2, -0.15) is 0 Å². The average molecular weight is 330 g/mol. The molecule has 1 atom stereocenters. The molecule has 7 heteroatoms. The largest absolute Gasteiger partial charge is 0.443 e. The number of hydrogen-bond donors (Lipinski definition) is 2. The fraction of sp³-hybridized carbons (Fsp3) is 0.429. The van der Waals surface area contributed by atoms with Gasteiger partial charge in [-0.3, -0.25) is 4.79 Å². The number of nitrogens with zero attached hydrogens (tertiary/aromatic N) is 1. The molecule has 3 N–H and O–H groups in total. The summed E-state index contributed by atoms with van der Waals surface area (Å²) in [4.78, 5) is 17.2. The zero-order valence-electron chi connectivity index (χ0n) is 12.3. The van der Waals surface area contributed by atoms with E-state index in [1.54, 1.807) is 17.6 Å². The molecule has 0 saturated heterocycles. The van der Waals surface area contributed by atoms with E-state index in [4.69, 9.17) is 10.2 Å². The number of aromatic nitrogens is 1. The lowest BCUT2D eigenvalue weighted by atomic mass is 9.87. The van der Waals surface area contributed by atoms with Gasteiger partial charge in [-0.05, 0) is 16.9 Å². The molecular weight excluding hydrogens is 310 g/mol. The highest BCUT2D eigenvalue weighted by Crippen LogP contribution is 2.23. The first-order valence-corrected chi connectivity index (χ1v) is 7.27. The maximum absolute atomic E-state index is 11.9. The molecule has 0 aliphatic rings. The Balaban J connectivity index is 0.00000220. The molecule has 2 aromatic heterocycles. The van der Waals surface area contributed by atoms with Crippen molar-refractivity contribution < 1.29 is 9.21 Å². The van der Waals surface area contributed by atoms with E-state index in [9.17, 15) is 4.79 Å². The Morgan fingerprint density at radius 1 is 1.52 bits per heavy atom. The van der Waals surface area contributed by atoms with Crippen molar-refractivity contribution in [1.82, 2.24) is 10.3 Å². The maximum atomic E-state index is 11.9. The monoisotopic (exact) mass is 329 g/mol. The Morgan fingerprint density at radius 2 is 2.24 bits per heavy atom. The van der Waals surface area contributed by atoms with Crippen molar-refractivity contribution in [2.24, 2.45) is 11.1 Å². The normalized spacial score (nSPS) is 12.6. The van der Waals surface area contributed by atoms with Crippen molar-refractivity contribution in [3.63, 3.8) is 0 Å². The van der Waals surface area contributed by atoms with Crippen LogP contribution in [0, 0.1) is 5.41 Å². The van der Waals surface area contributed by atoms with Gasteiger partial charge in [0, 0.05) is 0 Å². The molecule has 0 aliphatic carbocycles. The molecule has 0 aromatic carbocycles. The summed E-state index contributed by atoms with van der Waals surface area (Å²) in [6, 6.07) is 3.33. The molecule has 0 aliphatic heterocycles. The molecule has 2 heterocycles. The standard InChI is InChI=1S/C14H19N3O2S.ClH/c1-14(2,3)11(15)12(18)16-7-9-8-19-13(17-9)10-5-4-6-20-10;/h4-6,8,11H,7,15H2,1-3H3,(H,16,18);1H/t11-;/m1./s1. The maximum Gasteiger partial charge on any atom is 0.237 e. The molecule has 2 aromatic rings. The van der Waals surface area contributed by atoms with Crippen LogP contribution in [0.5, 0.6) is 0 Å². The van der Waals surface area contributed by atoms with Gasteiger partial charge < -0.3 is 15.5 Å². The first-order chi connectivity index (χ1) is 9.38. The second-order valence-corrected chi connectivity index (χ2v) is 6.63. The zero-order valence-corrected chi connectivity index (χ0v) is 13.9. The second kappa shape index (κ2) is 7.06. The average Bonchev–Trinajstić information content (AvgIpc) is 3.04. The van der Waals surface area contributed by atoms with E-state index < -0.39 is 6.04 Å². The molecule has 21 heavy (non-hydrogen) atoms. The molecule has 2 rings (SSSR count). The third kappa shape index (κ3) is 4.56. The summed E-state index contributed by atoms with van der Waals surface area (Å²) in [5.74, 6) is 0.391. The summed E-state index contributed by atoms with van der Waals surface area (Å²) in [6.45, 7) is 6.12. The molecule has 5 nitrogen and oxygen atoms in total. The van der Waals surface area contributed by atoms with Crippen LogP contribution >= 0.6 is 23.7 Å². The van der Waals surface area contributed by atoms with E-state index in [1.807, 2.05) is 38.3 Å². The zero-order chi connectivity index (χ0) is 14.8. The predicted molar refractivity (Wildman–Crippen MR) is 86.3 cm³/mol. The lowest BCUT2D eigenvalue weighted by molar-refractivity contribution is -0.124. The molecule has 0 fully saturated rings. The van der Waals surface area contributed by atoms with Crippen molar-refractivity contribution in [2.45, 2.75) is 33.4 Å². The fourth-order valence-corrected chi connectivity index (χ4v) is 2.24. The van der Waals surface area contributed by atoms with E-state index in [0.29, 0.717) is 18.1 Å². The minimum absolute atomic E-state index is 0. The molecule has 116 valence electrons. The Morgan fingerprint density at radius 3 is 2.81 bits per heavy atom. The lowest BCUT2D eigenvalue weighted by Gasteiger charge is -2.25. The molecule has 0 radical (unpaired) electrons. The SMILES string of the molecule is CC(C)(C)[C@H](N)C(=O)NCc1coc(-c2cccs2)n1.Cl. The Labute approximate surface area is 134 Å². The molecule has 0 bridgehead atoms. The Hall–Kier alpha value is -1.37. The summed E-state index contributed by atoms with van der Waals surface area (Å²) in [5, 5.41) is 4.74. The number of amides is 1. The fourth-order valence-electron chi connectivity index (χ4n) is 1.58. The first-order valence-electron chi connectivity index (χ1n) is 6.39. The van der Waals surface area contributed by atoms with Crippen LogP contribution in [0.1, 0.15) is 26.5 Å². The minimum Gasteiger partial charge on any atom is -0.443 e. The summed E-state index contributed by atoms with van der Waals surface area (Å²) in [6.07, 6.45) is 1.55. The van der Waals surface area contributed by atoms with Crippen molar-refractivity contribution in [2.75, 3.05) is 0 Å². The van der Waals surface area contributed by atoms with Crippen LogP contribution in [0.25, 0.3) is 10.8 Å². The number of nitrogens with two attached hydrogens (primary N) is 1. The number of carbonyl (C=O) groups is 1. The Bertz CT molecular complexity index is 575. The number of halogens is 1. The third-order valence-electron chi connectivity index (χ3n) is 2.94. The number of rotatable bonds is 4. The van der Waals surface area contributed by atoms with E-state index in [-0.39, 0.29) is 23.7 Å². The highest BCUT2D eigenvalue weighted by atomic mass is 35.5. The van der Waals surface area contributed by atoms with Gasteiger partial charge in [0.1, 0.15) is 6.26 Å².